The number of carbonyl (C=O) groups excluding carboxylic acids is 1. The van der Waals surface area contributed by atoms with Gasteiger partial charge in [-0.3, -0.25) is 4.79 Å². The van der Waals surface area contributed by atoms with Crippen LogP contribution in [0.1, 0.15) is 19.3 Å². The van der Waals surface area contributed by atoms with Crippen molar-refractivity contribution >= 4 is 27.8 Å². The van der Waals surface area contributed by atoms with Gasteiger partial charge in [-0.2, -0.15) is 0 Å². The van der Waals surface area contributed by atoms with Gasteiger partial charge in [-0.25, -0.2) is 9.37 Å². The highest BCUT2D eigenvalue weighted by Crippen LogP contribution is 2.34. The molecule has 3 aromatic carbocycles. The molecule has 5 aromatic rings. The second-order valence-electron chi connectivity index (χ2n) is 10.2. The van der Waals surface area contributed by atoms with Crippen LogP contribution in [0.2, 0.25) is 0 Å². The summed E-state index contributed by atoms with van der Waals surface area (Å²) >= 11 is 0. The summed E-state index contributed by atoms with van der Waals surface area (Å²) in [6.45, 7) is 2.38. The minimum atomic E-state index is -0.281. The maximum absolute atomic E-state index is 14.0. The molecule has 3 heterocycles. The number of aromatic nitrogens is 3. The first-order valence-corrected chi connectivity index (χ1v) is 12.7. The third-order valence-electron chi connectivity index (χ3n) is 7.70. The van der Waals surface area contributed by atoms with Gasteiger partial charge < -0.3 is 14.5 Å². The van der Waals surface area contributed by atoms with Gasteiger partial charge in [-0.15, -0.1) is 0 Å². The van der Waals surface area contributed by atoms with Crippen molar-refractivity contribution in [3.05, 3.63) is 78.7 Å². The molecule has 0 radical (unpaired) electrons. The lowest BCUT2D eigenvalue weighted by Gasteiger charge is -2.18. The van der Waals surface area contributed by atoms with Gasteiger partial charge >= 0.3 is 0 Å². The molecule has 1 saturated carbocycles. The largest absolute Gasteiger partial charge is 0.361 e. The van der Waals surface area contributed by atoms with E-state index in [1.54, 1.807) is 0 Å². The number of H-pyrrole nitrogens is 1. The summed E-state index contributed by atoms with van der Waals surface area (Å²) in [5, 5.41) is 1.19. The maximum atomic E-state index is 14.0. The monoisotopic (exact) mass is 478 g/mol. The number of aromatic amines is 1. The van der Waals surface area contributed by atoms with Crippen LogP contribution in [0.3, 0.4) is 0 Å². The smallest absolute Gasteiger partial charge is 0.225 e. The van der Waals surface area contributed by atoms with Crippen molar-refractivity contribution in [3.63, 3.8) is 0 Å². The Labute approximate surface area is 208 Å². The number of rotatable bonds is 5. The normalized spacial score (nSPS) is 17.9. The number of hydrogen-bond acceptors (Lipinski definition) is 2. The number of hydrogen-bond donors (Lipinski definition) is 1. The van der Waals surface area contributed by atoms with E-state index in [9.17, 15) is 9.18 Å². The molecule has 1 unspecified atom stereocenters. The quantitative estimate of drug-likeness (QED) is 0.325. The van der Waals surface area contributed by atoms with Crippen molar-refractivity contribution < 1.29 is 9.18 Å². The zero-order valence-corrected chi connectivity index (χ0v) is 20.0. The number of carbonyl (C=O) groups is 1. The van der Waals surface area contributed by atoms with Gasteiger partial charge in [-0.05, 0) is 72.0 Å². The van der Waals surface area contributed by atoms with Gasteiger partial charge in [0.05, 0.1) is 11.0 Å². The van der Waals surface area contributed by atoms with E-state index in [1.807, 2.05) is 17.2 Å². The lowest BCUT2D eigenvalue weighted by Crippen LogP contribution is -2.30. The molecule has 2 aliphatic rings. The number of amides is 1. The number of nitrogens with one attached hydrogen (secondary N) is 1. The highest BCUT2D eigenvalue weighted by molar-refractivity contribution is 5.86. The van der Waals surface area contributed by atoms with Crippen LogP contribution >= 0.6 is 0 Å². The first-order chi connectivity index (χ1) is 17.6. The lowest BCUT2D eigenvalue weighted by atomic mass is 10.0. The zero-order chi connectivity index (χ0) is 24.2. The van der Waals surface area contributed by atoms with E-state index in [4.69, 9.17) is 4.98 Å². The molecule has 5 nitrogen and oxygen atoms in total. The molecule has 6 heteroatoms. The van der Waals surface area contributed by atoms with E-state index >= 15 is 0 Å². The van der Waals surface area contributed by atoms with Crippen molar-refractivity contribution in [2.45, 2.75) is 25.8 Å². The number of fused-ring (bicyclic) bond motifs is 2. The van der Waals surface area contributed by atoms with Gasteiger partial charge in [0.25, 0.3) is 0 Å². The molecule has 0 bridgehead atoms. The molecule has 0 spiro atoms. The summed E-state index contributed by atoms with van der Waals surface area (Å²) < 4.78 is 16.3. The highest BCUT2D eigenvalue weighted by Gasteiger charge is 2.36. The molecule has 2 aromatic heterocycles. The molecule has 36 heavy (non-hydrogen) atoms. The van der Waals surface area contributed by atoms with E-state index in [1.165, 1.54) is 17.5 Å². The second-order valence-corrected chi connectivity index (χ2v) is 10.2. The molecule has 1 saturated heterocycles. The molecule has 7 rings (SSSR count). The van der Waals surface area contributed by atoms with Gasteiger partial charge in [0.15, 0.2) is 0 Å². The van der Waals surface area contributed by atoms with Crippen LogP contribution in [0.5, 0.6) is 0 Å². The molecule has 1 amide bonds. The second kappa shape index (κ2) is 8.33. The number of benzene rings is 3. The fourth-order valence-corrected chi connectivity index (χ4v) is 5.58. The minimum Gasteiger partial charge on any atom is -0.361 e. The molecular formula is C30H27FN4O. The third kappa shape index (κ3) is 3.77. The van der Waals surface area contributed by atoms with Crippen LogP contribution in [0.15, 0.2) is 72.9 Å². The molecule has 1 N–H and O–H groups in total. The molecule has 1 atom stereocenters. The summed E-state index contributed by atoms with van der Waals surface area (Å²) in [5.74, 6) is 1.50. The number of nitrogens with zero attached hydrogens (tertiary/aromatic N) is 3. The summed E-state index contributed by atoms with van der Waals surface area (Å²) in [6, 6.07) is 21.8. The molecule has 1 aliphatic heterocycles. The van der Waals surface area contributed by atoms with Crippen molar-refractivity contribution in [2.24, 2.45) is 11.8 Å². The van der Waals surface area contributed by atoms with Gasteiger partial charge in [-0.1, -0.05) is 30.3 Å². The van der Waals surface area contributed by atoms with Crippen LogP contribution < -0.4 is 0 Å². The summed E-state index contributed by atoms with van der Waals surface area (Å²) in [4.78, 5) is 22.7. The standard InChI is InChI=1S/C30H27FN4O/c31-25-8-10-28-27(16-25)33-29(35(28)18-19-12-14-34(17-19)30(36)22-5-6-22)21-3-1-20(2-4-21)23-7-9-26-24(15-23)11-13-32-26/h1-4,7-11,13,15-16,19,22,32H,5-6,12,14,17-18H2. The van der Waals surface area contributed by atoms with Crippen molar-refractivity contribution in [2.75, 3.05) is 13.1 Å². The van der Waals surface area contributed by atoms with Crippen molar-refractivity contribution in [1.82, 2.24) is 19.4 Å². The zero-order valence-electron chi connectivity index (χ0n) is 20.0. The fraction of sp³-hybridized carbons (Fsp3) is 0.267. The van der Waals surface area contributed by atoms with Crippen LogP contribution in [0.25, 0.3) is 44.5 Å². The number of halogens is 1. The predicted octanol–water partition coefficient (Wildman–Crippen LogP) is 6.25. The Balaban J connectivity index is 1.21. The molecular weight excluding hydrogens is 451 g/mol. The fourth-order valence-electron chi connectivity index (χ4n) is 5.58. The van der Waals surface area contributed by atoms with E-state index in [0.29, 0.717) is 17.3 Å². The van der Waals surface area contributed by atoms with Gasteiger partial charge in [0, 0.05) is 48.9 Å². The van der Waals surface area contributed by atoms with E-state index in [0.717, 1.165) is 72.4 Å². The predicted molar refractivity (Wildman–Crippen MR) is 140 cm³/mol. The highest BCUT2D eigenvalue weighted by atomic mass is 19.1. The molecule has 2 fully saturated rings. The van der Waals surface area contributed by atoms with Crippen LogP contribution in [0.4, 0.5) is 4.39 Å². The molecule has 1 aliphatic carbocycles. The number of imidazole rings is 1. The van der Waals surface area contributed by atoms with E-state index in [2.05, 4.69) is 58.1 Å². The Morgan fingerprint density at radius 1 is 0.944 bits per heavy atom. The number of likely N-dealkylation sites (tertiary alicyclic amines) is 1. The summed E-state index contributed by atoms with van der Waals surface area (Å²) in [7, 11) is 0. The minimum absolute atomic E-state index is 0.257. The van der Waals surface area contributed by atoms with E-state index in [-0.39, 0.29) is 11.7 Å². The Hall–Kier alpha value is -3.93. The summed E-state index contributed by atoms with van der Waals surface area (Å²) in [6.07, 6.45) is 5.02. The summed E-state index contributed by atoms with van der Waals surface area (Å²) in [5.41, 5.74) is 6.02. The van der Waals surface area contributed by atoms with Gasteiger partial charge in [0.2, 0.25) is 5.91 Å². The lowest BCUT2D eigenvalue weighted by molar-refractivity contribution is -0.131. The Kier molecular flexibility index (Phi) is 4.94. The first-order valence-electron chi connectivity index (χ1n) is 12.7. The van der Waals surface area contributed by atoms with Crippen LogP contribution in [-0.2, 0) is 11.3 Å². The van der Waals surface area contributed by atoms with Gasteiger partial charge in [0.1, 0.15) is 11.6 Å². The average molecular weight is 479 g/mol. The van der Waals surface area contributed by atoms with Crippen LogP contribution in [-0.4, -0.2) is 38.4 Å². The third-order valence-corrected chi connectivity index (χ3v) is 7.70. The average Bonchev–Trinajstić information content (AvgIpc) is 3.30. The first kappa shape index (κ1) is 21.4. The SMILES string of the molecule is O=C(C1CC1)N1CCC(Cn2c(-c3ccc(-c4ccc5[nH]ccc5c4)cc3)nc3cc(F)ccc32)C1. The Morgan fingerprint density at radius 2 is 1.75 bits per heavy atom. The molecule has 180 valence electrons. The Bertz CT molecular complexity index is 1590. The van der Waals surface area contributed by atoms with Crippen molar-refractivity contribution in [3.8, 4) is 22.5 Å². The van der Waals surface area contributed by atoms with Crippen molar-refractivity contribution in [1.29, 1.82) is 0 Å². The maximum Gasteiger partial charge on any atom is 0.225 e. The van der Waals surface area contributed by atoms with Crippen LogP contribution in [0, 0.1) is 17.7 Å². The Morgan fingerprint density at radius 3 is 2.58 bits per heavy atom. The van der Waals surface area contributed by atoms with E-state index < -0.39 is 0 Å². The topological polar surface area (TPSA) is 53.9 Å².